The SMILES string of the molecule is CC(C)C(NC(=O)C(CCCCN)NC(=O)C(N)CC(=O)O)C(=O)NC(CC(=O)O)C(=O)O. The number of amides is 3. The average Bonchev–Trinajstić information content (AvgIpc) is 2.69. The molecule has 0 saturated carbocycles. The van der Waals surface area contributed by atoms with Crippen molar-refractivity contribution in [2.45, 2.75) is 70.1 Å². The molecule has 0 aliphatic heterocycles. The topological polar surface area (TPSA) is 251 Å². The number of nitrogens with one attached hydrogen (secondary N) is 3. The first kappa shape index (κ1) is 29.7. The molecule has 0 aromatic heterocycles. The van der Waals surface area contributed by atoms with Gasteiger partial charge in [0.1, 0.15) is 18.1 Å². The Labute approximate surface area is 190 Å². The molecule has 4 atom stereocenters. The highest BCUT2D eigenvalue weighted by Gasteiger charge is 2.32. The highest BCUT2D eigenvalue weighted by Crippen LogP contribution is 2.07. The van der Waals surface area contributed by atoms with Crippen molar-refractivity contribution >= 4 is 35.6 Å². The Hall–Kier alpha value is -3.26. The van der Waals surface area contributed by atoms with Crippen molar-refractivity contribution in [3.8, 4) is 0 Å². The van der Waals surface area contributed by atoms with Crippen molar-refractivity contribution in [1.82, 2.24) is 16.0 Å². The lowest BCUT2D eigenvalue weighted by Crippen LogP contribution is -2.58. The molecule has 0 rings (SSSR count). The molecular weight excluding hydrogens is 442 g/mol. The van der Waals surface area contributed by atoms with Crippen LogP contribution in [-0.4, -0.2) is 81.7 Å². The maximum Gasteiger partial charge on any atom is 0.326 e. The van der Waals surface area contributed by atoms with Gasteiger partial charge >= 0.3 is 17.9 Å². The van der Waals surface area contributed by atoms with Crippen LogP contribution < -0.4 is 27.4 Å². The fourth-order valence-corrected chi connectivity index (χ4v) is 2.75. The van der Waals surface area contributed by atoms with E-state index in [1.54, 1.807) is 13.8 Å². The van der Waals surface area contributed by atoms with Gasteiger partial charge in [0.15, 0.2) is 0 Å². The van der Waals surface area contributed by atoms with Gasteiger partial charge in [0, 0.05) is 0 Å². The summed E-state index contributed by atoms with van der Waals surface area (Å²) in [5.41, 5.74) is 11.0. The maximum absolute atomic E-state index is 12.8. The molecule has 0 aromatic rings. The van der Waals surface area contributed by atoms with Crippen LogP contribution in [-0.2, 0) is 28.8 Å². The summed E-state index contributed by atoms with van der Waals surface area (Å²) in [6.45, 7) is 3.47. The second-order valence-corrected chi connectivity index (χ2v) is 7.78. The quantitative estimate of drug-likeness (QED) is 0.109. The third-order valence-electron chi connectivity index (χ3n) is 4.55. The average molecular weight is 475 g/mol. The molecule has 188 valence electrons. The number of carboxylic acid groups (broad SMARTS) is 3. The van der Waals surface area contributed by atoms with E-state index >= 15 is 0 Å². The van der Waals surface area contributed by atoms with Crippen molar-refractivity contribution < 1.29 is 44.1 Å². The number of carbonyl (C=O) groups is 6. The number of aliphatic carboxylic acids is 3. The van der Waals surface area contributed by atoms with Crippen LogP contribution in [0.3, 0.4) is 0 Å². The number of carbonyl (C=O) groups excluding carboxylic acids is 3. The minimum atomic E-state index is -1.71. The van der Waals surface area contributed by atoms with Gasteiger partial charge in [-0.1, -0.05) is 13.8 Å². The summed E-state index contributed by atoms with van der Waals surface area (Å²) in [6.07, 6.45) is -0.428. The Morgan fingerprint density at radius 3 is 1.76 bits per heavy atom. The van der Waals surface area contributed by atoms with E-state index in [0.717, 1.165) is 0 Å². The molecule has 0 aromatic carbocycles. The van der Waals surface area contributed by atoms with E-state index in [1.165, 1.54) is 0 Å². The Bertz CT molecular complexity index is 728. The van der Waals surface area contributed by atoms with Crippen LogP contribution in [0.5, 0.6) is 0 Å². The van der Waals surface area contributed by atoms with Gasteiger partial charge in [-0.15, -0.1) is 0 Å². The third kappa shape index (κ3) is 11.8. The van der Waals surface area contributed by atoms with E-state index in [4.69, 9.17) is 26.8 Å². The first-order chi connectivity index (χ1) is 15.3. The van der Waals surface area contributed by atoms with Crippen LogP contribution in [0.1, 0.15) is 46.0 Å². The zero-order chi connectivity index (χ0) is 25.7. The molecular formula is C19H33N5O9. The van der Waals surface area contributed by atoms with Crippen molar-refractivity contribution in [2.75, 3.05) is 6.54 Å². The molecule has 4 unspecified atom stereocenters. The summed E-state index contributed by atoms with van der Waals surface area (Å²) in [5, 5.41) is 33.6. The number of hydrogen-bond acceptors (Lipinski definition) is 8. The predicted molar refractivity (Wildman–Crippen MR) is 114 cm³/mol. The number of rotatable bonds is 16. The number of hydrogen-bond donors (Lipinski definition) is 8. The van der Waals surface area contributed by atoms with Crippen molar-refractivity contribution in [2.24, 2.45) is 17.4 Å². The van der Waals surface area contributed by atoms with Crippen LogP contribution in [0.4, 0.5) is 0 Å². The number of nitrogens with two attached hydrogens (primary N) is 2. The fourth-order valence-electron chi connectivity index (χ4n) is 2.75. The summed E-state index contributed by atoms with van der Waals surface area (Å²) < 4.78 is 0. The Balaban J connectivity index is 5.45. The Morgan fingerprint density at radius 1 is 0.758 bits per heavy atom. The summed E-state index contributed by atoms with van der Waals surface area (Å²) in [5.74, 6) is -7.38. The molecule has 0 heterocycles. The minimum Gasteiger partial charge on any atom is -0.481 e. The molecule has 3 amide bonds. The molecule has 10 N–H and O–H groups in total. The normalized spacial score (nSPS) is 14.5. The van der Waals surface area contributed by atoms with Crippen LogP contribution in [0.25, 0.3) is 0 Å². The molecule has 0 aliphatic rings. The van der Waals surface area contributed by atoms with Crippen molar-refractivity contribution in [1.29, 1.82) is 0 Å². The molecule has 0 spiro atoms. The van der Waals surface area contributed by atoms with E-state index < -0.39 is 78.6 Å². The summed E-state index contributed by atoms with van der Waals surface area (Å²) >= 11 is 0. The lowest BCUT2D eigenvalue weighted by atomic mass is 10.0. The van der Waals surface area contributed by atoms with Crippen molar-refractivity contribution in [3.63, 3.8) is 0 Å². The van der Waals surface area contributed by atoms with Gasteiger partial charge in [0.05, 0.1) is 18.9 Å². The van der Waals surface area contributed by atoms with Gasteiger partial charge in [0.25, 0.3) is 0 Å². The molecule has 0 aliphatic carbocycles. The second-order valence-electron chi connectivity index (χ2n) is 7.78. The molecule has 33 heavy (non-hydrogen) atoms. The summed E-state index contributed by atoms with van der Waals surface area (Å²) in [4.78, 5) is 70.4. The zero-order valence-electron chi connectivity index (χ0n) is 18.6. The van der Waals surface area contributed by atoms with Gasteiger partial charge < -0.3 is 42.7 Å². The van der Waals surface area contributed by atoms with Gasteiger partial charge in [-0.2, -0.15) is 0 Å². The molecule has 0 fully saturated rings. The number of unbranched alkanes of at least 4 members (excludes halogenated alkanes) is 1. The summed E-state index contributed by atoms with van der Waals surface area (Å²) in [6, 6.07) is -5.51. The molecule has 14 heteroatoms. The lowest BCUT2D eigenvalue weighted by Gasteiger charge is -2.27. The monoisotopic (exact) mass is 475 g/mol. The van der Waals surface area contributed by atoms with Gasteiger partial charge in [-0.25, -0.2) is 4.79 Å². The smallest absolute Gasteiger partial charge is 0.326 e. The lowest BCUT2D eigenvalue weighted by molar-refractivity contribution is -0.147. The predicted octanol–water partition coefficient (Wildman–Crippen LogP) is -2.41. The molecule has 0 radical (unpaired) electrons. The fraction of sp³-hybridized carbons (Fsp3) is 0.684. The first-order valence-corrected chi connectivity index (χ1v) is 10.3. The summed E-state index contributed by atoms with van der Waals surface area (Å²) in [7, 11) is 0. The molecule has 0 saturated heterocycles. The van der Waals surface area contributed by atoms with Crippen LogP contribution >= 0.6 is 0 Å². The standard InChI is InChI=1S/C19H33N5O9/c1-9(2)15(18(31)23-12(19(32)33)8-14(27)28)24-17(30)11(5-3-4-6-20)22-16(29)10(21)7-13(25)26/h9-12,15H,3-8,20-21H2,1-2H3,(H,22,29)(H,23,31)(H,24,30)(H,25,26)(H,27,28)(H,32,33). The molecule has 14 nitrogen and oxygen atoms in total. The largest absolute Gasteiger partial charge is 0.481 e. The minimum absolute atomic E-state index is 0.123. The Kier molecular flexibility index (Phi) is 13.3. The maximum atomic E-state index is 12.8. The Morgan fingerprint density at radius 2 is 1.30 bits per heavy atom. The number of carboxylic acids is 3. The van der Waals surface area contributed by atoms with Gasteiger partial charge in [-0.05, 0) is 31.7 Å². The first-order valence-electron chi connectivity index (χ1n) is 10.3. The second kappa shape index (κ2) is 14.7. The highest BCUT2D eigenvalue weighted by molar-refractivity contribution is 5.95. The third-order valence-corrected chi connectivity index (χ3v) is 4.55. The van der Waals surface area contributed by atoms with Gasteiger partial charge in [-0.3, -0.25) is 24.0 Å². The molecule has 0 bridgehead atoms. The van der Waals surface area contributed by atoms with Gasteiger partial charge in [0.2, 0.25) is 17.7 Å². The van der Waals surface area contributed by atoms with Crippen LogP contribution in [0, 0.1) is 5.92 Å². The zero-order valence-corrected chi connectivity index (χ0v) is 18.6. The highest BCUT2D eigenvalue weighted by atomic mass is 16.4. The van der Waals surface area contributed by atoms with Crippen LogP contribution in [0.15, 0.2) is 0 Å². The van der Waals surface area contributed by atoms with E-state index in [1.807, 2.05) is 0 Å². The van der Waals surface area contributed by atoms with E-state index in [-0.39, 0.29) is 6.42 Å². The van der Waals surface area contributed by atoms with E-state index in [2.05, 4.69) is 16.0 Å². The van der Waals surface area contributed by atoms with E-state index in [0.29, 0.717) is 19.4 Å². The van der Waals surface area contributed by atoms with E-state index in [9.17, 15) is 28.8 Å². The van der Waals surface area contributed by atoms with Crippen molar-refractivity contribution in [3.05, 3.63) is 0 Å². The van der Waals surface area contributed by atoms with Crippen LogP contribution in [0.2, 0.25) is 0 Å².